The van der Waals surface area contributed by atoms with Crippen molar-refractivity contribution in [2.24, 2.45) is 12.9 Å². The zero-order valence-corrected chi connectivity index (χ0v) is 11.4. The summed E-state index contributed by atoms with van der Waals surface area (Å²) in [5.74, 6) is 5.68. The summed E-state index contributed by atoms with van der Waals surface area (Å²) in [7, 11) is 4.07. The lowest BCUT2D eigenvalue weighted by Gasteiger charge is -2.34. The lowest BCUT2D eigenvalue weighted by molar-refractivity contribution is -0.0387. The van der Waals surface area contributed by atoms with Gasteiger partial charge in [-0.1, -0.05) is 0 Å². The van der Waals surface area contributed by atoms with Crippen LogP contribution >= 0.6 is 0 Å². The fourth-order valence-electron chi connectivity index (χ4n) is 2.43. The van der Waals surface area contributed by atoms with Crippen molar-refractivity contribution in [3.05, 3.63) is 17.5 Å². The minimum atomic E-state index is 0.113. The Morgan fingerprint density at radius 2 is 2.39 bits per heavy atom. The van der Waals surface area contributed by atoms with Crippen LogP contribution in [0.25, 0.3) is 0 Å². The first-order valence-corrected chi connectivity index (χ1v) is 6.36. The number of rotatable bonds is 4. The van der Waals surface area contributed by atoms with Crippen molar-refractivity contribution in [1.82, 2.24) is 20.1 Å². The highest BCUT2D eigenvalue weighted by atomic mass is 16.5. The van der Waals surface area contributed by atoms with Gasteiger partial charge < -0.3 is 9.64 Å². The maximum Gasteiger partial charge on any atom is 0.0872 e. The molecule has 1 aliphatic heterocycles. The van der Waals surface area contributed by atoms with E-state index in [0.29, 0.717) is 0 Å². The first-order valence-electron chi connectivity index (χ1n) is 6.36. The third-order valence-electron chi connectivity index (χ3n) is 3.49. The zero-order valence-electron chi connectivity index (χ0n) is 11.4. The predicted octanol–water partition coefficient (Wildman–Crippen LogP) is -0.566. The summed E-state index contributed by atoms with van der Waals surface area (Å²) < 4.78 is 7.72. The van der Waals surface area contributed by atoms with Gasteiger partial charge in [0.1, 0.15) is 0 Å². The molecular formula is C12H23N5O. The van der Waals surface area contributed by atoms with Crippen molar-refractivity contribution in [2.75, 3.05) is 26.7 Å². The minimum Gasteiger partial charge on any atom is -0.374 e. The Morgan fingerprint density at radius 1 is 1.61 bits per heavy atom. The highest BCUT2D eigenvalue weighted by Gasteiger charge is 2.27. The summed E-state index contributed by atoms with van der Waals surface area (Å²) in [4.78, 5) is 2.27. The van der Waals surface area contributed by atoms with E-state index in [0.717, 1.165) is 31.8 Å². The van der Waals surface area contributed by atoms with Crippen molar-refractivity contribution in [3.8, 4) is 0 Å². The van der Waals surface area contributed by atoms with E-state index in [4.69, 9.17) is 10.6 Å². The maximum absolute atomic E-state index is 5.81. The van der Waals surface area contributed by atoms with Crippen LogP contribution in [-0.2, 0) is 18.2 Å². The van der Waals surface area contributed by atoms with Gasteiger partial charge in [-0.25, -0.2) is 0 Å². The third-order valence-corrected chi connectivity index (χ3v) is 3.49. The van der Waals surface area contributed by atoms with Crippen LogP contribution in [0.5, 0.6) is 0 Å². The molecule has 0 spiro atoms. The lowest BCUT2D eigenvalue weighted by atomic mass is 10.0. The fraction of sp³-hybridized carbons (Fsp3) is 0.750. The highest BCUT2D eigenvalue weighted by molar-refractivity contribution is 5.10. The Kier molecular flexibility index (Phi) is 4.34. The summed E-state index contributed by atoms with van der Waals surface area (Å²) >= 11 is 0. The maximum atomic E-state index is 5.81. The summed E-state index contributed by atoms with van der Waals surface area (Å²) in [6.07, 6.45) is 0.954. The quantitative estimate of drug-likeness (QED) is 0.556. The molecule has 0 radical (unpaired) electrons. The summed E-state index contributed by atoms with van der Waals surface area (Å²) in [6, 6.07) is 2.21. The van der Waals surface area contributed by atoms with Crippen molar-refractivity contribution >= 4 is 0 Å². The van der Waals surface area contributed by atoms with Crippen LogP contribution in [-0.4, -0.2) is 53.6 Å². The zero-order chi connectivity index (χ0) is 13.1. The number of nitrogens with zero attached hydrogens (tertiary/aromatic N) is 3. The first kappa shape index (κ1) is 13.5. The molecule has 0 aliphatic carbocycles. The van der Waals surface area contributed by atoms with Crippen LogP contribution in [0.15, 0.2) is 6.07 Å². The van der Waals surface area contributed by atoms with E-state index in [1.165, 1.54) is 5.69 Å². The molecular weight excluding hydrogens is 230 g/mol. The Balaban J connectivity index is 2.02. The molecule has 6 nitrogen and oxygen atoms in total. The number of hydrazine groups is 1. The van der Waals surface area contributed by atoms with E-state index in [1.54, 1.807) is 0 Å². The molecule has 1 fully saturated rings. The summed E-state index contributed by atoms with van der Waals surface area (Å²) in [6.45, 7) is 4.66. The van der Waals surface area contributed by atoms with E-state index in [2.05, 4.69) is 28.5 Å². The van der Waals surface area contributed by atoms with Gasteiger partial charge >= 0.3 is 0 Å². The molecule has 2 unspecified atom stereocenters. The molecule has 0 aromatic carbocycles. The van der Waals surface area contributed by atoms with Crippen molar-refractivity contribution in [2.45, 2.75) is 25.5 Å². The van der Waals surface area contributed by atoms with Crippen molar-refractivity contribution in [1.29, 1.82) is 0 Å². The van der Waals surface area contributed by atoms with E-state index in [9.17, 15) is 0 Å². The highest BCUT2D eigenvalue weighted by Crippen LogP contribution is 2.12. The lowest BCUT2D eigenvalue weighted by Crippen LogP contribution is -2.54. The van der Waals surface area contributed by atoms with E-state index < -0.39 is 0 Å². The van der Waals surface area contributed by atoms with Gasteiger partial charge in [0, 0.05) is 32.3 Å². The van der Waals surface area contributed by atoms with Crippen LogP contribution < -0.4 is 11.3 Å². The van der Waals surface area contributed by atoms with E-state index in [1.807, 2.05) is 18.7 Å². The predicted molar refractivity (Wildman–Crippen MR) is 70.0 cm³/mol. The van der Waals surface area contributed by atoms with E-state index >= 15 is 0 Å². The van der Waals surface area contributed by atoms with E-state index in [-0.39, 0.29) is 12.1 Å². The monoisotopic (exact) mass is 253 g/mol. The molecule has 2 rings (SSSR count). The number of hydrogen-bond donors (Lipinski definition) is 2. The number of aryl methyl sites for hydroxylation is 2. The molecule has 0 saturated carbocycles. The van der Waals surface area contributed by atoms with Crippen LogP contribution in [0.4, 0.5) is 0 Å². The van der Waals surface area contributed by atoms with Gasteiger partial charge in [-0.15, -0.1) is 0 Å². The number of likely N-dealkylation sites (N-methyl/N-ethyl adjacent to an activating group) is 1. The normalized spacial score (nSPS) is 23.2. The number of nitrogens with one attached hydrogen (secondary N) is 1. The van der Waals surface area contributed by atoms with Gasteiger partial charge in [0.05, 0.1) is 24.4 Å². The van der Waals surface area contributed by atoms with Gasteiger partial charge in [0.15, 0.2) is 0 Å². The molecule has 0 bridgehead atoms. The van der Waals surface area contributed by atoms with Gasteiger partial charge in [-0.05, 0) is 20.0 Å². The largest absolute Gasteiger partial charge is 0.374 e. The Hall–Kier alpha value is -0.950. The summed E-state index contributed by atoms with van der Waals surface area (Å²) in [5, 5.41) is 4.36. The molecule has 1 aromatic heterocycles. The molecule has 1 saturated heterocycles. The van der Waals surface area contributed by atoms with Crippen LogP contribution in [0.1, 0.15) is 11.4 Å². The standard InChI is InChI=1S/C12H23N5O/c1-9-6-10(17(3)15-9)7-11(14-13)12-8-16(2)4-5-18-12/h6,11-12,14H,4-5,7-8,13H2,1-3H3. The smallest absolute Gasteiger partial charge is 0.0872 e. The topological polar surface area (TPSA) is 68.3 Å². The Labute approximate surface area is 108 Å². The molecule has 2 atom stereocenters. The fourth-order valence-corrected chi connectivity index (χ4v) is 2.43. The average Bonchev–Trinajstić information content (AvgIpc) is 2.64. The molecule has 2 heterocycles. The molecule has 102 valence electrons. The second kappa shape index (κ2) is 5.79. The Bertz CT molecular complexity index is 392. The Morgan fingerprint density at radius 3 is 2.94 bits per heavy atom. The first-order chi connectivity index (χ1) is 8.60. The number of nitrogens with two attached hydrogens (primary N) is 1. The van der Waals surface area contributed by atoms with Gasteiger partial charge in [-0.2, -0.15) is 5.10 Å². The van der Waals surface area contributed by atoms with Crippen molar-refractivity contribution in [3.63, 3.8) is 0 Å². The molecule has 1 aromatic rings. The molecule has 1 aliphatic rings. The van der Waals surface area contributed by atoms with Gasteiger partial charge in [0.2, 0.25) is 0 Å². The van der Waals surface area contributed by atoms with Gasteiger partial charge in [-0.3, -0.25) is 16.0 Å². The number of ether oxygens (including phenoxy) is 1. The second-order valence-electron chi connectivity index (χ2n) is 5.05. The van der Waals surface area contributed by atoms with Crippen LogP contribution in [0.2, 0.25) is 0 Å². The van der Waals surface area contributed by atoms with Crippen LogP contribution in [0.3, 0.4) is 0 Å². The minimum absolute atomic E-state index is 0.113. The SMILES string of the molecule is Cc1cc(CC(NN)C2CN(C)CCO2)n(C)n1. The van der Waals surface area contributed by atoms with Crippen molar-refractivity contribution < 1.29 is 4.74 Å². The van der Waals surface area contributed by atoms with Gasteiger partial charge in [0.25, 0.3) is 0 Å². The average molecular weight is 253 g/mol. The third kappa shape index (κ3) is 3.08. The number of hydrogen-bond acceptors (Lipinski definition) is 5. The molecule has 18 heavy (non-hydrogen) atoms. The molecule has 6 heteroatoms. The molecule has 3 N–H and O–H groups in total. The summed E-state index contributed by atoms with van der Waals surface area (Å²) in [5.41, 5.74) is 5.09. The molecule has 0 amide bonds. The number of aromatic nitrogens is 2. The van der Waals surface area contributed by atoms with Crippen LogP contribution in [0, 0.1) is 6.92 Å². The number of morpholine rings is 1. The second-order valence-corrected chi connectivity index (χ2v) is 5.05.